The SMILES string of the molecule is c1ccc(-c2cc(-c3cccc(-c4cc(-c5ccccc5)nc(-c5ccccc5)n4)c3)c(-c3ccccc3)c(-c3ccc4sc5ccccc5c4c3)c2)cc1. The largest absolute Gasteiger partial charge is 0.228 e. The van der Waals surface area contributed by atoms with Gasteiger partial charge in [0, 0.05) is 36.9 Å². The lowest BCUT2D eigenvalue weighted by Crippen LogP contribution is -1.96. The van der Waals surface area contributed by atoms with Gasteiger partial charge in [-0.3, -0.25) is 0 Å². The van der Waals surface area contributed by atoms with E-state index in [4.69, 9.17) is 9.97 Å². The van der Waals surface area contributed by atoms with Crippen molar-refractivity contribution >= 4 is 31.5 Å². The van der Waals surface area contributed by atoms with Crippen molar-refractivity contribution in [2.24, 2.45) is 0 Å². The van der Waals surface area contributed by atoms with Crippen LogP contribution in [-0.4, -0.2) is 9.97 Å². The first-order chi connectivity index (χ1) is 27.2. The first kappa shape index (κ1) is 32.7. The normalized spacial score (nSPS) is 11.3. The van der Waals surface area contributed by atoms with Crippen LogP contribution in [0.25, 0.3) is 98.6 Å². The molecule has 10 aromatic rings. The number of rotatable bonds is 7. The molecule has 0 fully saturated rings. The van der Waals surface area contributed by atoms with Crippen molar-refractivity contribution in [2.45, 2.75) is 0 Å². The van der Waals surface area contributed by atoms with Crippen molar-refractivity contribution in [1.82, 2.24) is 9.97 Å². The predicted molar refractivity (Wildman–Crippen MR) is 233 cm³/mol. The molecule has 2 nitrogen and oxygen atoms in total. The Bertz CT molecular complexity index is 2900. The standard InChI is InChI=1S/C52H34N2S/c1-5-16-35(17-6-1)42-32-44(51(37-20-9-3-10-21-37)45(33-42)40-28-29-50-46(31-40)43-26-13-14-27-49(43)55-50)39-24-15-25-41(30-39)48-34-47(36-18-7-2-8-19-36)53-52(54-48)38-22-11-4-12-23-38/h1-34H. The van der Waals surface area contributed by atoms with Gasteiger partial charge in [0.25, 0.3) is 0 Å². The summed E-state index contributed by atoms with van der Waals surface area (Å²) >= 11 is 1.85. The molecule has 0 radical (unpaired) electrons. The van der Waals surface area contributed by atoms with E-state index >= 15 is 0 Å². The van der Waals surface area contributed by atoms with Gasteiger partial charge in [0.1, 0.15) is 0 Å². The molecule has 0 amide bonds. The summed E-state index contributed by atoms with van der Waals surface area (Å²) in [6, 6.07) is 73.6. The van der Waals surface area contributed by atoms with Crippen LogP contribution in [0, 0.1) is 0 Å². The molecule has 0 saturated heterocycles. The van der Waals surface area contributed by atoms with Crippen LogP contribution >= 0.6 is 11.3 Å². The minimum absolute atomic E-state index is 0.706. The molecule has 0 N–H and O–H groups in total. The lowest BCUT2D eigenvalue weighted by molar-refractivity contribution is 1.18. The second-order valence-electron chi connectivity index (χ2n) is 13.8. The smallest absolute Gasteiger partial charge is 0.160 e. The lowest BCUT2D eigenvalue weighted by Gasteiger charge is -2.20. The number of nitrogens with zero attached hydrogens (tertiary/aromatic N) is 2. The van der Waals surface area contributed by atoms with Crippen LogP contribution < -0.4 is 0 Å². The van der Waals surface area contributed by atoms with E-state index in [0.717, 1.165) is 33.6 Å². The Morgan fingerprint density at radius 3 is 1.49 bits per heavy atom. The van der Waals surface area contributed by atoms with Crippen LogP contribution in [0.5, 0.6) is 0 Å². The van der Waals surface area contributed by atoms with Crippen LogP contribution in [0.15, 0.2) is 206 Å². The van der Waals surface area contributed by atoms with E-state index in [1.807, 2.05) is 35.6 Å². The molecule has 55 heavy (non-hydrogen) atoms. The third-order valence-electron chi connectivity index (χ3n) is 10.3. The monoisotopic (exact) mass is 718 g/mol. The van der Waals surface area contributed by atoms with Gasteiger partial charge in [-0.25, -0.2) is 9.97 Å². The van der Waals surface area contributed by atoms with E-state index < -0.39 is 0 Å². The number of aromatic nitrogens is 2. The molecular weight excluding hydrogens is 685 g/mol. The number of fused-ring (bicyclic) bond motifs is 3. The van der Waals surface area contributed by atoms with Gasteiger partial charge in [-0.05, 0) is 87.0 Å². The van der Waals surface area contributed by atoms with Gasteiger partial charge >= 0.3 is 0 Å². The first-order valence-electron chi connectivity index (χ1n) is 18.6. The Morgan fingerprint density at radius 2 is 0.800 bits per heavy atom. The third kappa shape index (κ3) is 6.31. The Morgan fingerprint density at radius 1 is 0.291 bits per heavy atom. The summed E-state index contributed by atoms with van der Waals surface area (Å²) in [6.45, 7) is 0. The zero-order valence-electron chi connectivity index (χ0n) is 29.9. The summed E-state index contributed by atoms with van der Waals surface area (Å²) in [7, 11) is 0. The molecule has 2 aromatic heterocycles. The Hall–Kier alpha value is -6.94. The minimum atomic E-state index is 0.706. The fourth-order valence-corrected chi connectivity index (χ4v) is 8.70. The number of benzene rings is 8. The van der Waals surface area contributed by atoms with E-state index in [1.165, 1.54) is 59.1 Å². The molecule has 0 aliphatic rings. The van der Waals surface area contributed by atoms with Gasteiger partial charge in [-0.1, -0.05) is 164 Å². The number of thiophene rings is 1. The fourth-order valence-electron chi connectivity index (χ4n) is 7.62. The molecule has 0 aliphatic carbocycles. The molecule has 0 atom stereocenters. The van der Waals surface area contributed by atoms with Gasteiger partial charge < -0.3 is 0 Å². The summed E-state index contributed by atoms with van der Waals surface area (Å²) in [5, 5.41) is 2.59. The zero-order valence-corrected chi connectivity index (χ0v) is 30.7. The molecule has 3 heteroatoms. The zero-order chi connectivity index (χ0) is 36.6. The van der Waals surface area contributed by atoms with Crippen LogP contribution in [0.3, 0.4) is 0 Å². The fraction of sp³-hybridized carbons (Fsp3) is 0. The number of hydrogen-bond donors (Lipinski definition) is 0. The molecule has 0 spiro atoms. The molecule has 8 aromatic carbocycles. The Labute approximate surface area is 324 Å². The highest BCUT2D eigenvalue weighted by Crippen LogP contribution is 2.45. The maximum Gasteiger partial charge on any atom is 0.160 e. The van der Waals surface area contributed by atoms with E-state index in [1.54, 1.807) is 0 Å². The average Bonchev–Trinajstić information content (AvgIpc) is 3.65. The molecule has 0 aliphatic heterocycles. The second kappa shape index (κ2) is 14.1. The topological polar surface area (TPSA) is 25.8 Å². The van der Waals surface area contributed by atoms with Crippen molar-refractivity contribution in [3.8, 4) is 78.4 Å². The molecule has 0 bridgehead atoms. The van der Waals surface area contributed by atoms with E-state index in [9.17, 15) is 0 Å². The summed E-state index contributed by atoms with van der Waals surface area (Å²) in [5.41, 5.74) is 14.3. The van der Waals surface area contributed by atoms with Gasteiger partial charge in [-0.15, -0.1) is 11.3 Å². The van der Waals surface area contributed by atoms with Crippen molar-refractivity contribution in [3.05, 3.63) is 206 Å². The molecule has 258 valence electrons. The van der Waals surface area contributed by atoms with Crippen molar-refractivity contribution in [1.29, 1.82) is 0 Å². The summed E-state index contributed by atoms with van der Waals surface area (Å²) in [5.74, 6) is 0.706. The van der Waals surface area contributed by atoms with E-state index in [0.29, 0.717) is 5.82 Å². The summed E-state index contributed by atoms with van der Waals surface area (Å²) < 4.78 is 2.61. The van der Waals surface area contributed by atoms with E-state index in [-0.39, 0.29) is 0 Å². The van der Waals surface area contributed by atoms with Gasteiger partial charge in [-0.2, -0.15) is 0 Å². The predicted octanol–water partition coefficient (Wildman–Crippen LogP) is 14.5. The first-order valence-corrected chi connectivity index (χ1v) is 19.4. The summed E-state index contributed by atoms with van der Waals surface area (Å²) in [6.07, 6.45) is 0. The highest BCUT2D eigenvalue weighted by molar-refractivity contribution is 7.25. The van der Waals surface area contributed by atoms with Crippen molar-refractivity contribution in [3.63, 3.8) is 0 Å². The maximum atomic E-state index is 5.18. The highest BCUT2D eigenvalue weighted by Gasteiger charge is 2.19. The Balaban J connectivity index is 1.22. The molecule has 2 heterocycles. The third-order valence-corrected chi connectivity index (χ3v) is 11.4. The molecule has 0 unspecified atom stereocenters. The molecule has 0 saturated carbocycles. The van der Waals surface area contributed by atoms with Crippen LogP contribution in [0.1, 0.15) is 0 Å². The van der Waals surface area contributed by atoms with Crippen LogP contribution in [-0.2, 0) is 0 Å². The molecule has 10 rings (SSSR count). The highest BCUT2D eigenvalue weighted by atomic mass is 32.1. The lowest BCUT2D eigenvalue weighted by atomic mass is 9.84. The van der Waals surface area contributed by atoms with Crippen molar-refractivity contribution < 1.29 is 0 Å². The van der Waals surface area contributed by atoms with Crippen LogP contribution in [0.2, 0.25) is 0 Å². The van der Waals surface area contributed by atoms with Gasteiger partial charge in [0.15, 0.2) is 5.82 Å². The molecular formula is C52H34N2S. The average molecular weight is 719 g/mol. The Kier molecular flexibility index (Phi) is 8.40. The number of hydrogen-bond acceptors (Lipinski definition) is 3. The van der Waals surface area contributed by atoms with Gasteiger partial charge in [0.2, 0.25) is 0 Å². The van der Waals surface area contributed by atoms with Crippen LogP contribution in [0.4, 0.5) is 0 Å². The van der Waals surface area contributed by atoms with Crippen molar-refractivity contribution in [2.75, 3.05) is 0 Å². The van der Waals surface area contributed by atoms with Gasteiger partial charge in [0.05, 0.1) is 11.4 Å². The minimum Gasteiger partial charge on any atom is -0.228 e. The maximum absolute atomic E-state index is 5.18. The quantitative estimate of drug-likeness (QED) is 0.164. The summed E-state index contributed by atoms with van der Waals surface area (Å²) in [4.78, 5) is 10.2. The second-order valence-corrected chi connectivity index (χ2v) is 14.8. The van der Waals surface area contributed by atoms with E-state index in [2.05, 4.69) is 182 Å².